The fourth-order valence-electron chi connectivity index (χ4n) is 1.47. The Labute approximate surface area is 66.8 Å². The number of carbonyl (C=O) groups is 1. The summed E-state index contributed by atoms with van der Waals surface area (Å²) in [4.78, 5) is 13.5. The third-order valence-corrected chi connectivity index (χ3v) is 2.47. The van der Waals surface area contributed by atoms with E-state index >= 15 is 0 Å². The molecule has 2 rings (SSSR count). The van der Waals surface area contributed by atoms with Crippen LogP contribution in [0.3, 0.4) is 0 Å². The van der Waals surface area contributed by atoms with E-state index in [1.54, 1.807) is 0 Å². The highest BCUT2D eigenvalue weighted by Gasteiger charge is 2.44. The molecule has 0 spiro atoms. The molecule has 0 aromatic carbocycles. The highest BCUT2D eigenvalue weighted by Crippen LogP contribution is 2.30. The quantitative estimate of drug-likeness (QED) is 0.590. The average Bonchev–Trinajstić information content (AvgIpc) is 2.67. The summed E-state index contributed by atoms with van der Waals surface area (Å²) >= 11 is 0. The van der Waals surface area contributed by atoms with Gasteiger partial charge in [-0.2, -0.15) is 0 Å². The molecule has 0 unspecified atom stereocenters. The SMILES string of the molecule is CC1(C)NCN(C2CC2)C1=O. The molecule has 1 aliphatic heterocycles. The molecule has 0 aromatic rings. The Hall–Kier alpha value is -0.570. The smallest absolute Gasteiger partial charge is 0.243 e. The normalized spacial score (nSPS) is 29.6. The van der Waals surface area contributed by atoms with E-state index in [1.165, 1.54) is 12.8 Å². The summed E-state index contributed by atoms with van der Waals surface area (Å²) in [5.41, 5.74) is -0.317. The highest BCUT2D eigenvalue weighted by molar-refractivity contribution is 5.87. The van der Waals surface area contributed by atoms with Crippen molar-refractivity contribution in [2.75, 3.05) is 6.67 Å². The molecule has 1 N–H and O–H groups in total. The molecule has 1 heterocycles. The van der Waals surface area contributed by atoms with Crippen LogP contribution in [0.1, 0.15) is 26.7 Å². The minimum absolute atomic E-state index is 0.264. The summed E-state index contributed by atoms with van der Waals surface area (Å²) in [7, 11) is 0. The first-order chi connectivity index (χ1) is 5.11. The largest absolute Gasteiger partial charge is 0.325 e. The predicted octanol–water partition coefficient (Wildman–Crippen LogP) is 0.317. The molecule has 1 saturated heterocycles. The highest BCUT2D eigenvalue weighted by atomic mass is 16.2. The number of nitrogens with one attached hydrogen (secondary N) is 1. The van der Waals surface area contributed by atoms with Crippen molar-refractivity contribution >= 4 is 5.91 Å². The van der Waals surface area contributed by atoms with E-state index in [-0.39, 0.29) is 11.4 Å². The van der Waals surface area contributed by atoms with Crippen LogP contribution in [0.2, 0.25) is 0 Å². The summed E-state index contributed by atoms with van der Waals surface area (Å²) in [6.45, 7) is 4.63. The van der Waals surface area contributed by atoms with E-state index in [4.69, 9.17) is 0 Å². The molecule has 2 aliphatic rings. The Balaban J connectivity index is 2.11. The molecule has 1 aliphatic carbocycles. The Kier molecular flexibility index (Phi) is 1.27. The Morgan fingerprint density at radius 1 is 1.55 bits per heavy atom. The van der Waals surface area contributed by atoms with Crippen LogP contribution in [0, 0.1) is 0 Å². The van der Waals surface area contributed by atoms with Crippen molar-refractivity contribution in [3.8, 4) is 0 Å². The molecular formula is C8H14N2O. The number of amides is 1. The van der Waals surface area contributed by atoms with Crippen LogP contribution in [0.5, 0.6) is 0 Å². The number of carbonyl (C=O) groups excluding carboxylic acids is 1. The topological polar surface area (TPSA) is 32.3 Å². The minimum atomic E-state index is -0.317. The maximum absolute atomic E-state index is 11.6. The zero-order valence-electron chi connectivity index (χ0n) is 7.05. The maximum atomic E-state index is 11.6. The Morgan fingerprint density at radius 2 is 2.18 bits per heavy atom. The molecule has 0 aromatic heterocycles. The van der Waals surface area contributed by atoms with Crippen molar-refractivity contribution in [1.29, 1.82) is 0 Å². The van der Waals surface area contributed by atoms with Gasteiger partial charge < -0.3 is 4.90 Å². The number of nitrogens with zero attached hydrogens (tertiary/aromatic N) is 1. The van der Waals surface area contributed by atoms with Gasteiger partial charge in [0.25, 0.3) is 0 Å². The van der Waals surface area contributed by atoms with Gasteiger partial charge in [-0.05, 0) is 26.7 Å². The molecule has 0 radical (unpaired) electrons. The zero-order chi connectivity index (χ0) is 8.06. The molecule has 1 saturated carbocycles. The monoisotopic (exact) mass is 154 g/mol. The van der Waals surface area contributed by atoms with E-state index in [0.29, 0.717) is 6.04 Å². The maximum Gasteiger partial charge on any atom is 0.243 e. The van der Waals surface area contributed by atoms with E-state index in [9.17, 15) is 4.79 Å². The van der Waals surface area contributed by atoms with E-state index in [0.717, 1.165) is 6.67 Å². The lowest BCUT2D eigenvalue weighted by atomic mass is 10.1. The van der Waals surface area contributed by atoms with Gasteiger partial charge in [-0.1, -0.05) is 0 Å². The van der Waals surface area contributed by atoms with Crippen molar-refractivity contribution < 1.29 is 4.79 Å². The van der Waals surface area contributed by atoms with Crippen molar-refractivity contribution in [1.82, 2.24) is 10.2 Å². The third-order valence-electron chi connectivity index (χ3n) is 2.47. The van der Waals surface area contributed by atoms with Crippen LogP contribution >= 0.6 is 0 Å². The van der Waals surface area contributed by atoms with Crippen LogP contribution in [-0.4, -0.2) is 29.1 Å². The van der Waals surface area contributed by atoms with E-state index < -0.39 is 0 Å². The summed E-state index contributed by atoms with van der Waals surface area (Å²) in [6, 6.07) is 0.553. The van der Waals surface area contributed by atoms with Gasteiger partial charge in [0.15, 0.2) is 0 Å². The van der Waals surface area contributed by atoms with Crippen LogP contribution in [0.15, 0.2) is 0 Å². The first-order valence-electron chi connectivity index (χ1n) is 4.17. The van der Waals surface area contributed by atoms with Gasteiger partial charge in [0.1, 0.15) is 0 Å². The predicted molar refractivity (Wildman–Crippen MR) is 41.9 cm³/mol. The second kappa shape index (κ2) is 1.97. The van der Waals surface area contributed by atoms with Crippen LogP contribution < -0.4 is 5.32 Å². The fraction of sp³-hybridized carbons (Fsp3) is 0.875. The van der Waals surface area contributed by atoms with Crippen molar-refractivity contribution in [2.24, 2.45) is 0 Å². The molecular weight excluding hydrogens is 140 g/mol. The third kappa shape index (κ3) is 1.03. The number of hydrogen-bond donors (Lipinski definition) is 1. The molecule has 2 fully saturated rings. The number of rotatable bonds is 1. The Morgan fingerprint density at radius 3 is 2.55 bits per heavy atom. The van der Waals surface area contributed by atoms with Crippen molar-refractivity contribution in [3.63, 3.8) is 0 Å². The lowest BCUT2D eigenvalue weighted by Crippen LogP contribution is -2.40. The van der Waals surface area contributed by atoms with Gasteiger partial charge in [-0.15, -0.1) is 0 Å². The molecule has 1 amide bonds. The molecule has 0 atom stereocenters. The van der Waals surface area contributed by atoms with Gasteiger partial charge >= 0.3 is 0 Å². The zero-order valence-corrected chi connectivity index (χ0v) is 7.05. The Bertz CT molecular complexity index is 196. The van der Waals surface area contributed by atoms with Crippen LogP contribution in [0.4, 0.5) is 0 Å². The molecule has 0 bridgehead atoms. The summed E-state index contributed by atoms with van der Waals surface area (Å²) in [5, 5.41) is 3.19. The second-order valence-corrected chi connectivity index (χ2v) is 3.97. The molecule has 11 heavy (non-hydrogen) atoms. The summed E-state index contributed by atoms with van der Waals surface area (Å²) in [5.74, 6) is 0.264. The van der Waals surface area contributed by atoms with Gasteiger partial charge in [-0.3, -0.25) is 10.1 Å². The first-order valence-corrected chi connectivity index (χ1v) is 4.17. The van der Waals surface area contributed by atoms with Gasteiger partial charge in [0.2, 0.25) is 5.91 Å². The molecule has 3 nitrogen and oxygen atoms in total. The molecule has 62 valence electrons. The minimum Gasteiger partial charge on any atom is -0.325 e. The van der Waals surface area contributed by atoms with Crippen molar-refractivity contribution in [2.45, 2.75) is 38.3 Å². The van der Waals surface area contributed by atoms with Crippen molar-refractivity contribution in [3.05, 3.63) is 0 Å². The second-order valence-electron chi connectivity index (χ2n) is 3.97. The fourth-order valence-corrected chi connectivity index (χ4v) is 1.47. The standard InChI is InChI=1S/C8H14N2O/c1-8(2)7(11)10(5-9-8)6-3-4-6/h6,9H,3-5H2,1-2H3. The lowest BCUT2D eigenvalue weighted by molar-refractivity contribution is -0.131. The lowest BCUT2D eigenvalue weighted by Gasteiger charge is -2.17. The summed E-state index contributed by atoms with van der Waals surface area (Å²) < 4.78 is 0. The van der Waals surface area contributed by atoms with E-state index in [2.05, 4.69) is 5.32 Å². The van der Waals surface area contributed by atoms with E-state index in [1.807, 2.05) is 18.7 Å². The molecule has 3 heteroatoms. The van der Waals surface area contributed by atoms with Gasteiger partial charge in [-0.25, -0.2) is 0 Å². The van der Waals surface area contributed by atoms with Gasteiger partial charge in [0, 0.05) is 6.04 Å². The number of hydrogen-bond acceptors (Lipinski definition) is 2. The summed E-state index contributed by atoms with van der Waals surface area (Å²) in [6.07, 6.45) is 2.40. The first kappa shape index (κ1) is 7.10. The van der Waals surface area contributed by atoms with Crippen LogP contribution in [0.25, 0.3) is 0 Å². The average molecular weight is 154 g/mol. The van der Waals surface area contributed by atoms with Crippen LogP contribution in [-0.2, 0) is 4.79 Å². The van der Waals surface area contributed by atoms with Gasteiger partial charge in [0.05, 0.1) is 12.2 Å².